The minimum absolute atomic E-state index is 0.163. The zero-order valence-electron chi connectivity index (χ0n) is 11.3. The van der Waals surface area contributed by atoms with Crippen molar-refractivity contribution in [3.05, 3.63) is 24.0 Å². The molecule has 0 spiro atoms. The first-order valence-electron chi connectivity index (χ1n) is 6.58. The number of carbonyl (C=O) groups excluding carboxylic acids is 2. The van der Waals surface area contributed by atoms with Gasteiger partial charge in [0.25, 0.3) is 5.91 Å². The number of carbonyl (C=O) groups is 2. The van der Waals surface area contributed by atoms with Gasteiger partial charge in [0, 0.05) is 32.4 Å². The molecule has 0 bridgehead atoms. The van der Waals surface area contributed by atoms with Crippen molar-refractivity contribution in [3.8, 4) is 0 Å². The van der Waals surface area contributed by atoms with Gasteiger partial charge in [-0.25, -0.2) is 4.98 Å². The summed E-state index contributed by atoms with van der Waals surface area (Å²) in [5.41, 5.74) is 11.6. The van der Waals surface area contributed by atoms with Crippen molar-refractivity contribution in [2.45, 2.75) is 6.42 Å². The van der Waals surface area contributed by atoms with Crippen LogP contribution in [-0.2, 0) is 4.79 Å². The maximum atomic E-state index is 12.4. The molecule has 1 aliphatic heterocycles. The lowest BCUT2D eigenvalue weighted by Crippen LogP contribution is -2.38. The standard InChI is InChI=1S/C13H19N5O2/c14-10-3-1-4-16-12(10)13(20)18-6-2-5-17(7-8-18)9-11(15)19/h1,3-4H,2,5-9,14H2,(H2,15,19). The van der Waals surface area contributed by atoms with Crippen molar-refractivity contribution in [2.24, 2.45) is 5.73 Å². The Morgan fingerprint density at radius 3 is 2.75 bits per heavy atom. The van der Waals surface area contributed by atoms with Crippen LogP contribution >= 0.6 is 0 Å². The number of primary amides is 1. The van der Waals surface area contributed by atoms with Gasteiger partial charge in [-0.15, -0.1) is 0 Å². The highest BCUT2D eigenvalue weighted by Crippen LogP contribution is 2.12. The first-order chi connectivity index (χ1) is 9.58. The maximum Gasteiger partial charge on any atom is 0.274 e. The summed E-state index contributed by atoms with van der Waals surface area (Å²) in [7, 11) is 0. The monoisotopic (exact) mass is 277 g/mol. The van der Waals surface area contributed by atoms with Gasteiger partial charge in [-0.3, -0.25) is 14.5 Å². The van der Waals surface area contributed by atoms with Crippen LogP contribution in [0, 0.1) is 0 Å². The second kappa shape index (κ2) is 6.33. The Kier molecular flexibility index (Phi) is 4.52. The van der Waals surface area contributed by atoms with Crippen LogP contribution in [0.1, 0.15) is 16.9 Å². The van der Waals surface area contributed by atoms with Crippen LogP contribution in [0.15, 0.2) is 18.3 Å². The van der Waals surface area contributed by atoms with E-state index in [2.05, 4.69) is 4.98 Å². The highest BCUT2D eigenvalue weighted by Gasteiger charge is 2.22. The summed E-state index contributed by atoms with van der Waals surface area (Å²) in [6, 6.07) is 3.36. The Bertz CT molecular complexity index is 505. The Labute approximate surface area is 117 Å². The largest absolute Gasteiger partial charge is 0.397 e. The second-order valence-corrected chi connectivity index (χ2v) is 4.83. The molecular formula is C13H19N5O2. The van der Waals surface area contributed by atoms with Crippen LogP contribution in [0.25, 0.3) is 0 Å². The Morgan fingerprint density at radius 2 is 2.05 bits per heavy atom. The van der Waals surface area contributed by atoms with E-state index in [-0.39, 0.29) is 24.1 Å². The molecule has 0 atom stereocenters. The maximum absolute atomic E-state index is 12.4. The lowest BCUT2D eigenvalue weighted by atomic mass is 10.2. The van der Waals surface area contributed by atoms with Crippen molar-refractivity contribution in [1.29, 1.82) is 0 Å². The van der Waals surface area contributed by atoms with Gasteiger partial charge in [0.15, 0.2) is 5.69 Å². The smallest absolute Gasteiger partial charge is 0.274 e. The topological polar surface area (TPSA) is 106 Å². The molecule has 0 aromatic carbocycles. The van der Waals surface area contributed by atoms with Gasteiger partial charge in [-0.2, -0.15) is 0 Å². The summed E-state index contributed by atoms with van der Waals surface area (Å²) >= 11 is 0. The first kappa shape index (κ1) is 14.3. The minimum Gasteiger partial charge on any atom is -0.397 e. The molecule has 7 heteroatoms. The summed E-state index contributed by atoms with van der Waals surface area (Å²) in [4.78, 5) is 31.0. The van der Waals surface area contributed by atoms with E-state index < -0.39 is 0 Å². The number of nitrogen functional groups attached to an aromatic ring is 1. The van der Waals surface area contributed by atoms with Gasteiger partial charge in [0.2, 0.25) is 5.91 Å². The molecule has 108 valence electrons. The number of nitrogens with two attached hydrogens (primary N) is 2. The fraction of sp³-hybridized carbons (Fsp3) is 0.462. The lowest BCUT2D eigenvalue weighted by Gasteiger charge is -2.21. The van der Waals surface area contributed by atoms with Crippen molar-refractivity contribution >= 4 is 17.5 Å². The fourth-order valence-electron chi connectivity index (χ4n) is 2.30. The Morgan fingerprint density at radius 1 is 1.25 bits per heavy atom. The first-order valence-corrected chi connectivity index (χ1v) is 6.58. The summed E-state index contributed by atoms with van der Waals surface area (Å²) in [5.74, 6) is -0.511. The van der Waals surface area contributed by atoms with E-state index in [0.29, 0.717) is 25.3 Å². The average molecular weight is 277 g/mol. The van der Waals surface area contributed by atoms with Gasteiger partial charge >= 0.3 is 0 Å². The fourth-order valence-corrected chi connectivity index (χ4v) is 2.30. The van der Waals surface area contributed by atoms with E-state index in [1.165, 1.54) is 0 Å². The molecule has 2 amide bonds. The Hall–Kier alpha value is -2.15. The van der Waals surface area contributed by atoms with E-state index in [1.54, 1.807) is 23.2 Å². The third kappa shape index (κ3) is 3.45. The van der Waals surface area contributed by atoms with Gasteiger partial charge in [-0.1, -0.05) is 0 Å². The number of hydrogen-bond acceptors (Lipinski definition) is 5. The van der Waals surface area contributed by atoms with E-state index >= 15 is 0 Å². The molecule has 1 saturated heterocycles. The van der Waals surface area contributed by atoms with Gasteiger partial charge < -0.3 is 16.4 Å². The predicted octanol–water partition coefficient (Wildman–Crippen LogP) is -0.703. The van der Waals surface area contributed by atoms with E-state index in [4.69, 9.17) is 11.5 Å². The SMILES string of the molecule is NC(=O)CN1CCCN(C(=O)c2ncccc2N)CC1. The number of aromatic nitrogens is 1. The van der Waals surface area contributed by atoms with E-state index in [1.807, 2.05) is 4.90 Å². The van der Waals surface area contributed by atoms with E-state index in [9.17, 15) is 9.59 Å². The number of nitrogens with zero attached hydrogens (tertiary/aromatic N) is 3. The molecule has 0 unspecified atom stereocenters. The molecule has 2 rings (SSSR count). The summed E-state index contributed by atoms with van der Waals surface area (Å²) in [6.07, 6.45) is 2.35. The van der Waals surface area contributed by atoms with Gasteiger partial charge in [0.1, 0.15) is 0 Å². The molecule has 2 heterocycles. The summed E-state index contributed by atoms with van der Waals surface area (Å²) < 4.78 is 0. The van der Waals surface area contributed by atoms with Crippen LogP contribution in [-0.4, -0.2) is 59.3 Å². The number of anilines is 1. The van der Waals surface area contributed by atoms with Crippen molar-refractivity contribution < 1.29 is 9.59 Å². The van der Waals surface area contributed by atoms with Crippen LogP contribution in [0.3, 0.4) is 0 Å². The summed E-state index contributed by atoms with van der Waals surface area (Å²) in [6.45, 7) is 2.78. The number of pyridine rings is 1. The number of hydrogen-bond donors (Lipinski definition) is 2. The van der Waals surface area contributed by atoms with Crippen molar-refractivity contribution in [3.63, 3.8) is 0 Å². The van der Waals surface area contributed by atoms with Crippen LogP contribution in [0.4, 0.5) is 5.69 Å². The molecule has 1 fully saturated rings. The van der Waals surface area contributed by atoms with Gasteiger partial charge in [-0.05, 0) is 18.6 Å². The molecular weight excluding hydrogens is 258 g/mol. The number of rotatable bonds is 3. The normalized spacial score (nSPS) is 16.7. The van der Waals surface area contributed by atoms with Crippen molar-refractivity contribution in [2.75, 3.05) is 38.5 Å². The van der Waals surface area contributed by atoms with Crippen LogP contribution in [0.5, 0.6) is 0 Å². The average Bonchev–Trinajstić information content (AvgIpc) is 2.63. The molecule has 20 heavy (non-hydrogen) atoms. The molecule has 1 aromatic rings. The summed E-state index contributed by atoms with van der Waals surface area (Å²) in [5, 5.41) is 0. The van der Waals surface area contributed by atoms with Crippen LogP contribution in [0.2, 0.25) is 0 Å². The third-order valence-corrected chi connectivity index (χ3v) is 3.30. The predicted molar refractivity (Wildman–Crippen MR) is 74.8 cm³/mol. The highest BCUT2D eigenvalue weighted by molar-refractivity contribution is 5.97. The highest BCUT2D eigenvalue weighted by atomic mass is 16.2. The third-order valence-electron chi connectivity index (χ3n) is 3.30. The van der Waals surface area contributed by atoms with Crippen LogP contribution < -0.4 is 11.5 Å². The molecule has 1 aromatic heterocycles. The lowest BCUT2D eigenvalue weighted by molar-refractivity contribution is -0.119. The molecule has 0 radical (unpaired) electrons. The zero-order chi connectivity index (χ0) is 14.5. The van der Waals surface area contributed by atoms with Gasteiger partial charge in [0.05, 0.1) is 12.2 Å². The number of amides is 2. The minimum atomic E-state index is -0.348. The van der Waals surface area contributed by atoms with Crippen molar-refractivity contribution in [1.82, 2.24) is 14.8 Å². The second-order valence-electron chi connectivity index (χ2n) is 4.83. The molecule has 4 N–H and O–H groups in total. The Balaban J connectivity index is 2.02. The quantitative estimate of drug-likeness (QED) is 0.759. The molecule has 1 aliphatic rings. The molecule has 0 saturated carbocycles. The van der Waals surface area contributed by atoms with E-state index in [0.717, 1.165) is 13.0 Å². The zero-order valence-corrected chi connectivity index (χ0v) is 11.3. The molecule has 7 nitrogen and oxygen atoms in total. The molecule has 0 aliphatic carbocycles.